The van der Waals surface area contributed by atoms with Crippen LogP contribution in [-0.2, 0) is 0 Å². The Bertz CT molecular complexity index is 384. The summed E-state index contributed by atoms with van der Waals surface area (Å²) in [5.41, 5.74) is 2.53. The van der Waals surface area contributed by atoms with Gasteiger partial charge >= 0.3 is 0 Å². The minimum absolute atomic E-state index is 0.583. The molecule has 17 heavy (non-hydrogen) atoms. The highest BCUT2D eigenvalue weighted by Gasteiger charge is 2.21. The zero-order valence-corrected chi connectivity index (χ0v) is 10.9. The van der Waals surface area contributed by atoms with Gasteiger partial charge in [-0.3, -0.25) is 0 Å². The molecule has 1 aromatic carbocycles. The average Bonchev–Trinajstić information content (AvgIpc) is 2.38. The molecule has 0 aliphatic carbocycles. The van der Waals surface area contributed by atoms with Crippen LogP contribution in [0, 0.1) is 6.92 Å². The molecule has 0 bridgehead atoms. The third-order valence-corrected chi connectivity index (χ3v) is 3.43. The molecule has 0 atom stereocenters. The molecule has 1 fully saturated rings. The van der Waals surface area contributed by atoms with E-state index in [1.165, 1.54) is 24.0 Å². The Morgan fingerprint density at radius 2 is 1.82 bits per heavy atom. The smallest absolute Gasteiger partial charge is 0.164 e. The first-order valence-corrected chi connectivity index (χ1v) is 6.19. The van der Waals surface area contributed by atoms with Crippen LogP contribution in [0.3, 0.4) is 0 Å². The number of piperidine rings is 1. The van der Waals surface area contributed by atoms with Gasteiger partial charge in [0.05, 0.1) is 14.2 Å². The SMILES string of the molecule is COc1cc(C)cc(C2CCNCC2)c1OC. The van der Waals surface area contributed by atoms with E-state index >= 15 is 0 Å². The van der Waals surface area contributed by atoms with E-state index < -0.39 is 0 Å². The molecule has 0 aromatic heterocycles. The lowest BCUT2D eigenvalue weighted by atomic mass is 9.88. The lowest BCUT2D eigenvalue weighted by Gasteiger charge is -2.25. The van der Waals surface area contributed by atoms with Crippen LogP contribution in [0.1, 0.15) is 29.9 Å². The lowest BCUT2D eigenvalue weighted by Crippen LogP contribution is -2.26. The highest BCUT2D eigenvalue weighted by molar-refractivity contribution is 5.51. The van der Waals surface area contributed by atoms with Crippen LogP contribution >= 0.6 is 0 Å². The number of nitrogens with one attached hydrogen (secondary N) is 1. The Morgan fingerprint density at radius 1 is 1.12 bits per heavy atom. The normalized spacial score (nSPS) is 16.9. The highest BCUT2D eigenvalue weighted by Crippen LogP contribution is 2.39. The summed E-state index contributed by atoms with van der Waals surface area (Å²) in [6, 6.07) is 4.26. The molecular weight excluding hydrogens is 214 g/mol. The van der Waals surface area contributed by atoms with Crippen LogP contribution in [0.5, 0.6) is 11.5 Å². The Hall–Kier alpha value is -1.22. The number of ether oxygens (including phenoxy) is 2. The third-order valence-electron chi connectivity index (χ3n) is 3.43. The van der Waals surface area contributed by atoms with Crippen molar-refractivity contribution in [3.8, 4) is 11.5 Å². The fraction of sp³-hybridized carbons (Fsp3) is 0.571. The van der Waals surface area contributed by atoms with Gasteiger partial charge in [-0.1, -0.05) is 6.07 Å². The fourth-order valence-electron chi connectivity index (χ4n) is 2.57. The molecular formula is C14H21NO2. The minimum atomic E-state index is 0.583. The molecule has 0 unspecified atom stereocenters. The van der Waals surface area contributed by atoms with Crippen molar-refractivity contribution in [3.05, 3.63) is 23.3 Å². The zero-order chi connectivity index (χ0) is 12.3. The van der Waals surface area contributed by atoms with Crippen LogP contribution < -0.4 is 14.8 Å². The van der Waals surface area contributed by atoms with E-state index in [2.05, 4.69) is 18.3 Å². The van der Waals surface area contributed by atoms with Crippen molar-refractivity contribution in [3.63, 3.8) is 0 Å². The number of hydrogen-bond donors (Lipinski definition) is 1. The predicted molar refractivity (Wildman–Crippen MR) is 69.1 cm³/mol. The summed E-state index contributed by atoms with van der Waals surface area (Å²) in [7, 11) is 3.42. The molecule has 3 heteroatoms. The molecule has 0 spiro atoms. The maximum absolute atomic E-state index is 5.53. The maximum atomic E-state index is 5.53. The van der Waals surface area contributed by atoms with Gasteiger partial charge in [0.25, 0.3) is 0 Å². The van der Waals surface area contributed by atoms with E-state index in [0.29, 0.717) is 5.92 Å². The quantitative estimate of drug-likeness (QED) is 0.873. The summed E-state index contributed by atoms with van der Waals surface area (Å²) in [4.78, 5) is 0. The Labute approximate surface area is 103 Å². The number of hydrogen-bond acceptors (Lipinski definition) is 3. The molecule has 1 aliphatic rings. The minimum Gasteiger partial charge on any atom is -0.493 e. The molecule has 1 saturated heterocycles. The first-order chi connectivity index (χ1) is 8.26. The number of methoxy groups -OCH3 is 2. The molecule has 0 saturated carbocycles. The van der Waals surface area contributed by atoms with Gasteiger partial charge in [-0.05, 0) is 50.4 Å². The summed E-state index contributed by atoms with van der Waals surface area (Å²) < 4.78 is 10.9. The third kappa shape index (κ3) is 2.55. The summed E-state index contributed by atoms with van der Waals surface area (Å²) in [5.74, 6) is 2.34. The lowest BCUT2D eigenvalue weighted by molar-refractivity contribution is 0.344. The predicted octanol–water partition coefficient (Wildman–Crippen LogP) is 2.48. The van der Waals surface area contributed by atoms with E-state index in [4.69, 9.17) is 9.47 Å². The Kier molecular flexibility index (Phi) is 3.89. The second kappa shape index (κ2) is 5.41. The van der Waals surface area contributed by atoms with Gasteiger partial charge in [-0.25, -0.2) is 0 Å². The van der Waals surface area contributed by atoms with Crippen molar-refractivity contribution >= 4 is 0 Å². The number of rotatable bonds is 3. The van der Waals surface area contributed by atoms with Gasteiger partial charge in [0, 0.05) is 5.56 Å². The maximum Gasteiger partial charge on any atom is 0.164 e. The van der Waals surface area contributed by atoms with Crippen LogP contribution in [0.25, 0.3) is 0 Å². The van der Waals surface area contributed by atoms with Crippen molar-refractivity contribution in [2.24, 2.45) is 0 Å². The Morgan fingerprint density at radius 3 is 2.41 bits per heavy atom. The van der Waals surface area contributed by atoms with E-state index in [1.54, 1.807) is 14.2 Å². The molecule has 3 nitrogen and oxygen atoms in total. The van der Waals surface area contributed by atoms with E-state index in [9.17, 15) is 0 Å². The summed E-state index contributed by atoms with van der Waals surface area (Å²) in [6.45, 7) is 4.28. The molecule has 94 valence electrons. The van der Waals surface area contributed by atoms with Crippen molar-refractivity contribution in [1.29, 1.82) is 0 Å². The average molecular weight is 235 g/mol. The molecule has 2 rings (SSSR count). The summed E-state index contributed by atoms with van der Waals surface area (Å²) in [5, 5.41) is 3.39. The second-order valence-corrected chi connectivity index (χ2v) is 4.61. The first-order valence-electron chi connectivity index (χ1n) is 6.19. The van der Waals surface area contributed by atoms with Crippen LogP contribution in [-0.4, -0.2) is 27.3 Å². The van der Waals surface area contributed by atoms with Crippen LogP contribution in [0.4, 0.5) is 0 Å². The van der Waals surface area contributed by atoms with Gasteiger partial charge in [-0.15, -0.1) is 0 Å². The fourth-order valence-corrected chi connectivity index (χ4v) is 2.57. The van der Waals surface area contributed by atoms with Crippen molar-refractivity contribution in [1.82, 2.24) is 5.32 Å². The van der Waals surface area contributed by atoms with Crippen LogP contribution in [0.2, 0.25) is 0 Å². The van der Waals surface area contributed by atoms with Gasteiger partial charge < -0.3 is 14.8 Å². The van der Waals surface area contributed by atoms with Gasteiger partial charge in [0.2, 0.25) is 0 Å². The molecule has 1 aliphatic heterocycles. The van der Waals surface area contributed by atoms with E-state index in [0.717, 1.165) is 24.6 Å². The molecule has 1 aromatic rings. The molecule has 0 radical (unpaired) electrons. The van der Waals surface area contributed by atoms with Gasteiger partial charge in [0.1, 0.15) is 0 Å². The molecule has 1 heterocycles. The first kappa shape index (κ1) is 12.2. The Balaban J connectivity index is 2.39. The second-order valence-electron chi connectivity index (χ2n) is 4.61. The molecule has 1 N–H and O–H groups in total. The number of benzene rings is 1. The largest absolute Gasteiger partial charge is 0.493 e. The summed E-state index contributed by atoms with van der Waals surface area (Å²) >= 11 is 0. The monoisotopic (exact) mass is 235 g/mol. The topological polar surface area (TPSA) is 30.5 Å². The van der Waals surface area contributed by atoms with Crippen molar-refractivity contribution in [2.75, 3.05) is 27.3 Å². The zero-order valence-electron chi connectivity index (χ0n) is 10.9. The summed E-state index contributed by atoms with van der Waals surface area (Å²) in [6.07, 6.45) is 2.34. The van der Waals surface area contributed by atoms with Gasteiger partial charge in [0.15, 0.2) is 11.5 Å². The van der Waals surface area contributed by atoms with E-state index in [-0.39, 0.29) is 0 Å². The van der Waals surface area contributed by atoms with Crippen LogP contribution in [0.15, 0.2) is 12.1 Å². The van der Waals surface area contributed by atoms with Gasteiger partial charge in [-0.2, -0.15) is 0 Å². The highest BCUT2D eigenvalue weighted by atomic mass is 16.5. The van der Waals surface area contributed by atoms with Crippen molar-refractivity contribution < 1.29 is 9.47 Å². The van der Waals surface area contributed by atoms with E-state index in [1.807, 2.05) is 6.07 Å². The van der Waals surface area contributed by atoms with Crippen molar-refractivity contribution in [2.45, 2.75) is 25.7 Å². The molecule has 0 amide bonds. The standard InChI is InChI=1S/C14H21NO2/c1-10-8-12(11-4-6-15-7-5-11)14(17-3)13(9-10)16-2/h8-9,11,15H,4-7H2,1-3H3. The number of aryl methyl sites for hydroxylation is 1.